The molecule has 0 fully saturated rings. The maximum atomic E-state index is 11.6. The van der Waals surface area contributed by atoms with Gasteiger partial charge in [-0.2, -0.15) is 0 Å². The number of pyridine rings is 1. The van der Waals surface area contributed by atoms with Gasteiger partial charge in [-0.25, -0.2) is 4.98 Å². The van der Waals surface area contributed by atoms with Gasteiger partial charge in [0, 0.05) is 12.6 Å². The minimum Gasteiger partial charge on any atom is -0.481 e. The van der Waals surface area contributed by atoms with Gasteiger partial charge in [-0.3, -0.25) is 9.59 Å². The fourth-order valence-electron chi connectivity index (χ4n) is 1.69. The third-order valence-electron chi connectivity index (χ3n) is 2.64. The van der Waals surface area contributed by atoms with Gasteiger partial charge in [0.15, 0.2) is 0 Å². The Morgan fingerprint density at radius 2 is 2.17 bits per heavy atom. The molecule has 1 atom stereocenters. The molecule has 0 aliphatic heterocycles. The number of aromatic nitrogens is 1. The van der Waals surface area contributed by atoms with Gasteiger partial charge in [0.25, 0.3) is 0 Å². The van der Waals surface area contributed by atoms with Gasteiger partial charge in [0.05, 0.1) is 5.92 Å². The molecule has 5 heteroatoms. The number of amides is 1. The standard InChI is InChI=1S/C13H18N2O3/c1-2-5-10(13(17)18)7-8-12(16)15-11-6-3-4-9-14-11/h3-4,6,9-10H,2,5,7-8H2,1H3,(H,17,18)(H,14,15,16)/t10-/m0/s1. The van der Waals surface area contributed by atoms with Crippen LogP contribution in [0.15, 0.2) is 24.4 Å². The first-order valence-electron chi connectivity index (χ1n) is 6.07. The molecule has 0 unspecified atom stereocenters. The fourth-order valence-corrected chi connectivity index (χ4v) is 1.69. The van der Waals surface area contributed by atoms with Gasteiger partial charge in [-0.15, -0.1) is 0 Å². The maximum absolute atomic E-state index is 11.6. The number of carbonyl (C=O) groups excluding carboxylic acids is 1. The van der Waals surface area contributed by atoms with Gasteiger partial charge in [0.2, 0.25) is 5.91 Å². The van der Waals surface area contributed by atoms with Gasteiger partial charge in [-0.1, -0.05) is 19.4 Å². The minimum absolute atomic E-state index is 0.198. The summed E-state index contributed by atoms with van der Waals surface area (Å²) in [4.78, 5) is 26.5. The highest BCUT2D eigenvalue weighted by Crippen LogP contribution is 2.14. The number of hydrogen-bond acceptors (Lipinski definition) is 3. The Bertz CT molecular complexity index is 392. The molecule has 0 radical (unpaired) electrons. The van der Waals surface area contributed by atoms with Crippen molar-refractivity contribution in [3.63, 3.8) is 0 Å². The van der Waals surface area contributed by atoms with Crippen molar-refractivity contribution in [2.75, 3.05) is 5.32 Å². The number of hydrogen-bond donors (Lipinski definition) is 2. The molecular weight excluding hydrogens is 232 g/mol. The van der Waals surface area contributed by atoms with E-state index in [1.165, 1.54) is 0 Å². The second kappa shape index (κ2) is 7.42. The third kappa shape index (κ3) is 4.95. The van der Waals surface area contributed by atoms with Gasteiger partial charge in [-0.05, 0) is 25.0 Å². The molecule has 1 amide bonds. The monoisotopic (exact) mass is 250 g/mol. The summed E-state index contributed by atoms with van der Waals surface area (Å²) < 4.78 is 0. The Balaban J connectivity index is 2.38. The topological polar surface area (TPSA) is 79.3 Å². The second-order valence-electron chi connectivity index (χ2n) is 4.13. The van der Waals surface area contributed by atoms with E-state index >= 15 is 0 Å². The number of aliphatic carboxylic acids is 1. The lowest BCUT2D eigenvalue weighted by molar-refractivity contribution is -0.142. The van der Waals surface area contributed by atoms with Crippen LogP contribution in [0.3, 0.4) is 0 Å². The molecular formula is C13H18N2O3. The lowest BCUT2D eigenvalue weighted by Gasteiger charge is -2.10. The van der Waals surface area contributed by atoms with E-state index in [9.17, 15) is 9.59 Å². The summed E-state index contributed by atoms with van der Waals surface area (Å²) in [5.74, 6) is -0.979. The number of nitrogens with one attached hydrogen (secondary N) is 1. The Hall–Kier alpha value is -1.91. The molecule has 0 saturated carbocycles. The first-order chi connectivity index (χ1) is 8.63. The van der Waals surface area contributed by atoms with E-state index in [2.05, 4.69) is 10.3 Å². The molecule has 0 saturated heterocycles. The Morgan fingerprint density at radius 3 is 2.72 bits per heavy atom. The molecule has 98 valence electrons. The molecule has 0 aliphatic carbocycles. The van der Waals surface area contributed by atoms with Crippen LogP contribution >= 0.6 is 0 Å². The van der Waals surface area contributed by atoms with Crippen LogP contribution in [-0.4, -0.2) is 22.0 Å². The highest BCUT2D eigenvalue weighted by molar-refractivity contribution is 5.89. The predicted octanol–water partition coefficient (Wildman–Crippen LogP) is 2.30. The van der Waals surface area contributed by atoms with E-state index in [0.29, 0.717) is 18.7 Å². The number of nitrogens with zero attached hydrogens (tertiary/aromatic N) is 1. The number of carbonyl (C=O) groups is 2. The number of carboxylic acid groups (broad SMARTS) is 1. The van der Waals surface area contributed by atoms with E-state index in [1.54, 1.807) is 24.4 Å². The van der Waals surface area contributed by atoms with E-state index in [4.69, 9.17) is 5.11 Å². The SMILES string of the molecule is CCC[C@@H](CCC(=O)Nc1ccccn1)C(=O)O. The van der Waals surface area contributed by atoms with Crippen LogP contribution in [0.1, 0.15) is 32.6 Å². The molecule has 1 heterocycles. The van der Waals surface area contributed by atoms with Crippen molar-refractivity contribution < 1.29 is 14.7 Å². The van der Waals surface area contributed by atoms with Gasteiger partial charge < -0.3 is 10.4 Å². The quantitative estimate of drug-likeness (QED) is 0.778. The van der Waals surface area contributed by atoms with Crippen LogP contribution in [0, 0.1) is 5.92 Å². The molecule has 1 aromatic rings. The molecule has 18 heavy (non-hydrogen) atoms. The van der Waals surface area contributed by atoms with Crippen LogP contribution in [0.5, 0.6) is 0 Å². The summed E-state index contributed by atoms with van der Waals surface area (Å²) in [7, 11) is 0. The molecule has 0 bridgehead atoms. The summed E-state index contributed by atoms with van der Waals surface area (Å²) in [5.41, 5.74) is 0. The molecule has 0 aliphatic rings. The first-order valence-corrected chi connectivity index (χ1v) is 6.07. The summed E-state index contributed by atoms with van der Waals surface area (Å²) in [6.45, 7) is 1.93. The minimum atomic E-state index is -0.831. The van der Waals surface area contributed by atoms with Crippen LogP contribution in [0.4, 0.5) is 5.82 Å². The predicted molar refractivity (Wildman–Crippen MR) is 68.1 cm³/mol. The van der Waals surface area contributed by atoms with Crippen LogP contribution in [0.25, 0.3) is 0 Å². The average Bonchev–Trinajstić information content (AvgIpc) is 2.35. The van der Waals surface area contributed by atoms with Crippen LogP contribution in [-0.2, 0) is 9.59 Å². The number of rotatable bonds is 7. The lowest BCUT2D eigenvalue weighted by atomic mass is 9.98. The van der Waals surface area contributed by atoms with E-state index in [0.717, 1.165) is 6.42 Å². The van der Waals surface area contributed by atoms with Crippen molar-refractivity contribution in [1.29, 1.82) is 0 Å². The average molecular weight is 250 g/mol. The van der Waals surface area contributed by atoms with Crippen molar-refractivity contribution in [2.45, 2.75) is 32.6 Å². The Morgan fingerprint density at radius 1 is 1.39 bits per heavy atom. The van der Waals surface area contributed by atoms with Crippen molar-refractivity contribution in [1.82, 2.24) is 4.98 Å². The lowest BCUT2D eigenvalue weighted by Crippen LogP contribution is -2.18. The Kier molecular flexibility index (Phi) is 5.84. The molecule has 1 aromatic heterocycles. The first kappa shape index (κ1) is 14.2. The normalized spacial score (nSPS) is 11.8. The number of anilines is 1. The highest BCUT2D eigenvalue weighted by atomic mass is 16.4. The zero-order valence-corrected chi connectivity index (χ0v) is 10.4. The summed E-state index contributed by atoms with van der Waals surface area (Å²) in [5, 5.41) is 11.6. The zero-order chi connectivity index (χ0) is 13.4. The molecule has 0 aromatic carbocycles. The van der Waals surface area contributed by atoms with E-state index < -0.39 is 11.9 Å². The number of carboxylic acids is 1. The molecule has 0 spiro atoms. The maximum Gasteiger partial charge on any atom is 0.306 e. The van der Waals surface area contributed by atoms with E-state index in [-0.39, 0.29) is 12.3 Å². The summed E-state index contributed by atoms with van der Waals surface area (Å²) in [6.07, 6.45) is 3.56. The van der Waals surface area contributed by atoms with Gasteiger partial charge in [0.1, 0.15) is 5.82 Å². The fraction of sp³-hybridized carbons (Fsp3) is 0.462. The molecule has 1 rings (SSSR count). The van der Waals surface area contributed by atoms with Crippen molar-refractivity contribution >= 4 is 17.7 Å². The third-order valence-corrected chi connectivity index (χ3v) is 2.64. The van der Waals surface area contributed by atoms with Crippen molar-refractivity contribution in [3.05, 3.63) is 24.4 Å². The van der Waals surface area contributed by atoms with E-state index in [1.807, 2.05) is 6.92 Å². The smallest absolute Gasteiger partial charge is 0.306 e. The van der Waals surface area contributed by atoms with Gasteiger partial charge >= 0.3 is 5.97 Å². The second-order valence-corrected chi connectivity index (χ2v) is 4.13. The van der Waals surface area contributed by atoms with Crippen LogP contribution < -0.4 is 5.32 Å². The largest absolute Gasteiger partial charge is 0.481 e. The zero-order valence-electron chi connectivity index (χ0n) is 10.4. The van der Waals surface area contributed by atoms with Crippen LogP contribution in [0.2, 0.25) is 0 Å². The summed E-state index contributed by atoms with van der Waals surface area (Å²) >= 11 is 0. The van der Waals surface area contributed by atoms with Crippen molar-refractivity contribution in [2.24, 2.45) is 5.92 Å². The molecule has 5 nitrogen and oxygen atoms in total. The van der Waals surface area contributed by atoms with Crippen molar-refractivity contribution in [3.8, 4) is 0 Å². The summed E-state index contributed by atoms with van der Waals surface area (Å²) in [6, 6.07) is 5.23. The molecule has 2 N–H and O–H groups in total. The Labute approximate surface area is 106 Å². The highest BCUT2D eigenvalue weighted by Gasteiger charge is 2.17.